The second-order valence-electron chi connectivity index (χ2n) is 4.97. The maximum Gasteiger partial charge on any atom is 0.317 e. The molecule has 0 aromatic heterocycles. The highest BCUT2D eigenvalue weighted by Crippen LogP contribution is 2.19. The quantitative estimate of drug-likeness (QED) is 0.695. The van der Waals surface area contributed by atoms with E-state index in [1.54, 1.807) is 25.9 Å². The minimum atomic E-state index is -0.806. The standard InChI is InChI=1S/C11H21N3O3/c1-11(17)5-4-6-14(8-11)9(15)7-12-10(16)13(2)3/h17H,4-8H2,1-3H3,(H,12,16)/t11-/m0/s1. The van der Waals surface area contributed by atoms with E-state index in [2.05, 4.69) is 5.32 Å². The van der Waals surface area contributed by atoms with Crippen LogP contribution in [0.5, 0.6) is 0 Å². The Morgan fingerprint density at radius 3 is 2.65 bits per heavy atom. The molecule has 0 spiro atoms. The first-order valence-corrected chi connectivity index (χ1v) is 5.77. The van der Waals surface area contributed by atoms with Gasteiger partial charge < -0.3 is 20.2 Å². The molecule has 6 heteroatoms. The average molecular weight is 243 g/mol. The number of amides is 3. The molecule has 0 unspecified atom stereocenters. The number of rotatable bonds is 2. The summed E-state index contributed by atoms with van der Waals surface area (Å²) in [4.78, 5) is 26.0. The summed E-state index contributed by atoms with van der Waals surface area (Å²) in [6.07, 6.45) is 1.50. The number of nitrogens with zero attached hydrogens (tertiary/aromatic N) is 2. The second-order valence-corrected chi connectivity index (χ2v) is 4.97. The lowest BCUT2D eigenvalue weighted by molar-refractivity contribution is -0.136. The third kappa shape index (κ3) is 4.22. The van der Waals surface area contributed by atoms with Crippen LogP contribution in [0.1, 0.15) is 19.8 Å². The molecular formula is C11H21N3O3. The molecule has 0 aromatic carbocycles. The SMILES string of the molecule is CN(C)C(=O)NCC(=O)N1CCC[C@](C)(O)C1. The highest BCUT2D eigenvalue weighted by molar-refractivity contribution is 5.83. The predicted octanol–water partition coefficient (Wildman–Crippen LogP) is -0.369. The van der Waals surface area contributed by atoms with Gasteiger partial charge in [0, 0.05) is 27.2 Å². The van der Waals surface area contributed by atoms with Crippen molar-refractivity contribution in [3.8, 4) is 0 Å². The maximum absolute atomic E-state index is 11.8. The lowest BCUT2D eigenvalue weighted by Gasteiger charge is -2.36. The minimum Gasteiger partial charge on any atom is -0.388 e. The van der Waals surface area contributed by atoms with Crippen LogP contribution in [0.2, 0.25) is 0 Å². The molecule has 1 fully saturated rings. The molecule has 1 aliphatic heterocycles. The fourth-order valence-corrected chi connectivity index (χ4v) is 1.85. The van der Waals surface area contributed by atoms with Crippen LogP contribution < -0.4 is 5.32 Å². The Hall–Kier alpha value is -1.30. The highest BCUT2D eigenvalue weighted by atomic mass is 16.3. The van der Waals surface area contributed by atoms with Gasteiger partial charge in [-0.15, -0.1) is 0 Å². The molecule has 0 aromatic rings. The fraction of sp³-hybridized carbons (Fsp3) is 0.818. The van der Waals surface area contributed by atoms with Gasteiger partial charge in [-0.25, -0.2) is 4.79 Å². The number of aliphatic hydroxyl groups is 1. The van der Waals surface area contributed by atoms with Gasteiger partial charge in [-0.1, -0.05) is 0 Å². The molecule has 0 radical (unpaired) electrons. The van der Waals surface area contributed by atoms with E-state index in [9.17, 15) is 14.7 Å². The van der Waals surface area contributed by atoms with E-state index >= 15 is 0 Å². The third-order valence-electron chi connectivity index (χ3n) is 2.82. The number of nitrogens with one attached hydrogen (secondary N) is 1. The van der Waals surface area contributed by atoms with Crippen molar-refractivity contribution in [2.45, 2.75) is 25.4 Å². The largest absolute Gasteiger partial charge is 0.388 e. The first-order chi connectivity index (χ1) is 7.82. The van der Waals surface area contributed by atoms with E-state index < -0.39 is 5.60 Å². The number of β-amino-alcohol motifs (C(OH)–C–C–N with tert-alkyl or cyclic N) is 1. The molecule has 0 aliphatic carbocycles. The zero-order valence-electron chi connectivity index (χ0n) is 10.7. The van der Waals surface area contributed by atoms with Crippen molar-refractivity contribution in [1.29, 1.82) is 0 Å². The first-order valence-electron chi connectivity index (χ1n) is 5.77. The van der Waals surface area contributed by atoms with Crippen LogP contribution in [0, 0.1) is 0 Å². The number of carbonyl (C=O) groups excluding carboxylic acids is 2. The summed E-state index contributed by atoms with van der Waals surface area (Å²) in [5, 5.41) is 12.4. The zero-order valence-corrected chi connectivity index (χ0v) is 10.7. The summed E-state index contributed by atoms with van der Waals surface area (Å²) in [5.41, 5.74) is -0.806. The van der Waals surface area contributed by atoms with Gasteiger partial charge in [-0.3, -0.25) is 4.79 Å². The van der Waals surface area contributed by atoms with Gasteiger partial charge in [0.15, 0.2) is 0 Å². The number of hydrogen-bond acceptors (Lipinski definition) is 3. The molecule has 0 bridgehead atoms. The number of urea groups is 1. The molecule has 1 rings (SSSR count). The fourth-order valence-electron chi connectivity index (χ4n) is 1.85. The topological polar surface area (TPSA) is 72.9 Å². The monoisotopic (exact) mass is 243 g/mol. The minimum absolute atomic E-state index is 0.0207. The molecule has 0 saturated carbocycles. The highest BCUT2D eigenvalue weighted by Gasteiger charge is 2.30. The van der Waals surface area contributed by atoms with E-state index in [1.165, 1.54) is 4.90 Å². The second kappa shape index (κ2) is 5.35. The van der Waals surface area contributed by atoms with Crippen LogP contribution in [0.3, 0.4) is 0 Å². The van der Waals surface area contributed by atoms with E-state index in [0.717, 1.165) is 6.42 Å². The van der Waals surface area contributed by atoms with Crippen LogP contribution in [-0.4, -0.2) is 66.2 Å². The van der Waals surface area contributed by atoms with E-state index in [1.807, 2.05) is 0 Å². The van der Waals surface area contributed by atoms with Crippen molar-refractivity contribution in [3.63, 3.8) is 0 Å². The van der Waals surface area contributed by atoms with Crippen LogP contribution in [0.4, 0.5) is 4.79 Å². The molecule has 1 aliphatic rings. The molecule has 17 heavy (non-hydrogen) atoms. The summed E-state index contributed by atoms with van der Waals surface area (Å²) < 4.78 is 0. The van der Waals surface area contributed by atoms with Gasteiger partial charge in [0.05, 0.1) is 12.1 Å². The van der Waals surface area contributed by atoms with E-state index in [0.29, 0.717) is 19.5 Å². The Kier molecular flexibility index (Phi) is 4.34. The Balaban J connectivity index is 2.40. The summed E-state index contributed by atoms with van der Waals surface area (Å²) in [5.74, 6) is -0.153. The summed E-state index contributed by atoms with van der Waals surface area (Å²) in [6.45, 7) is 2.69. The van der Waals surface area contributed by atoms with Crippen LogP contribution in [0.15, 0.2) is 0 Å². The van der Waals surface area contributed by atoms with Crippen molar-refractivity contribution in [2.75, 3.05) is 33.7 Å². The average Bonchev–Trinajstić information content (AvgIpc) is 2.23. The number of hydrogen-bond donors (Lipinski definition) is 2. The number of likely N-dealkylation sites (tertiary alicyclic amines) is 1. The molecule has 3 amide bonds. The van der Waals surface area contributed by atoms with Gasteiger partial charge in [0.2, 0.25) is 5.91 Å². The summed E-state index contributed by atoms with van der Waals surface area (Å²) in [7, 11) is 3.23. The Morgan fingerprint density at radius 1 is 1.47 bits per heavy atom. The Labute approximate surface area is 102 Å². The molecule has 1 atom stereocenters. The molecule has 1 saturated heterocycles. The lowest BCUT2D eigenvalue weighted by Crippen LogP contribution is -2.51. The van der Waals surface area contributed by atoms with Gasteiger partial charge in [-0.2, -0.15) is 0 Å². The van der Waals surface area contributed by atoms with Crippen molar-refractivity contribution in [3.05, 3.63) is 0 Å². The smallest absolute Gasteiger partial charge is 0.317 e. The van der Waals surface area contributed by atoms with Gasteiger partial charge in [0.1, 0.15) is 0 Å². The first kappa shape index (κ1) is 13.8. The Bertz CT molecular complexity index is 302. The van der Waals surface area contributed by atoms with Crippen molar-refractivity contribution >= 4 is 11.9 Å². The molecule has 98 valence electrons. The van der Waals surface area contributed by atoms with Gasteiger partial charge in [0.25, 0.3) is 0 Å². The predicted molar refractivity (Wildman–Crippen MR) is 63.5 cm³/mol. The zero-order chi connectivity index (χ0) is 13.1. The van der Waals surface area contributed by atoms with Crippen molar-refractivity contribution in [2.24, 2.45) is 0 Å². The van der Waals surface area contributed by atoms with Gasteiger partial charge in [-0.05, 0) is 19.8 Å². The van der Waals surface area contributed by atoms with E-state index in [-0.39, 0.29) is 18.5 Å². The van der Waals surface area contributed by atoms with Crippen molar-refractivity contribution in [1.82, 2.24) is 15.1 Å². The third-order valence-corrected chi connectivity index (χ3v) is 2.82. The lowest BCUT2D eigenvalue weighted by atomic mass is 9.95. The van der Waals surface area contributed by atoms with Crippen LogP contribution in [0.25, 0.3) is 0 Å². The van der Waals surface area contributed by atoms with Gasteiger partial charge >= 0.3 is 6.03 Å². The maximum atomic E-state index is 11.8. The van der Waals surface area contributed by atoms with Crippen molar-refractivity contribution < 1.29 is 14.7 Å². The molecule has 1 heterocycles. The Morgan fingerprint density at radius 2 is 2.12 bits per heavy atom. The summed E-state index contributed by atoms with van der Waals surface area (Å²) in [6, 6.07) is -0.290. The number of piperidine rings is 1. The summed E-state index contributed by atoms with van der Waals surface area (Å²) >= 11 is 0. The normalized spacial score (nSPS) is 24.4. The van der Waals surface area contributed by atoms with E-state index in [4.69, 9.17) is 0 Å². The molecular weight excluding hydrogens is 222 g/mol. The van der Waals surface area contributed by atoms with Crippen LogP contribution in [-0.2, 0) is 4.79 Å². The molecule has 2 N–H and O–H groups in total. The van der Waals surface area contributed by atoms with Crippen LogP contribution >= 0.6 is 0 Å². The number of carbonyl (C=O) groups is 2. The molecule has 6 nitrogen and oxygen atoms in total.